The Hall–Kier alpha value is -1.44. The molecule has 0 radical (unpaired) electrons. The van der Waals surface area contributed by atoms with Gasteiger partial charge in [-0.1, -0.05) is 6.92 Å². The topological polar surface area (TPSA) is 77.9 Å². The molecule has 1 atom stereocenters. The van der Waals surface area contributed by atoms with Crippen molar-refractivity contribution in [2.75, 3.05) is 38.5 Å². The summed E-state index contributed by atoms with van der Waals surface area (Å²) in [7, 11) is -3.24. The molecule has 1 heterocycles. The van der Waals surface area contributed by atoms with Crippen molar-refractivity contribution in [2.24, 2.45) is 0 Å². The second kappa shape index (κ2) is 7.42. The van der Waals surface area contributed by atoms with Crippen LogP contribution >= 0.6 is 0 Å². The number of hydrogen-bond donors (Lipinski definition) is 1. The fourth-order valence-electron chi connectivity index (χ4n) is 2.66. The number of hydrogen-bond acceptors (Lipinski definition) is 5. The van der Waals surface area contributed by atoms with E-state index in [9.17, 15) is 18.3 Å². The first-order valence-corrected chi connectivity index (χ1v) is 9.51. The van der Waals surface area contributed by atoms with Crippen LogP contribution in [0.1, 0.15) is 24.2 Å². The average Bonchev–Trinajstić information content (AvgIpc) is 2.54. The van der Waals surface area contributed by atoms with Gasteiger partial charge in [-0.25, -0.2) is 8.42 Å². The number of piperazine rings is 1. The lowest BCUT2D eigenvalue weighted by Crippen LogP contribution is -2.50. The summed E-state index contributed by atoms with van der Waals surface area (Å²) in [5.74, 6) is -0.0342. The normalized spacial score (nSPS) is 18.0. The highest BCUT2D eigenvalue weighted by Crippen LogP contribution is 2.15. The van der Waals surface area contributed by atoms with Gasteiger partial charge in [0, 0.05) is 38.3 Å². The fourth-order valence-corrected chi connectivity index (χ4v) is 3.55. The molecule has 1 fully saturated rings. The molecule has 7 heteroatoms. The Labute approximate surface area is 137 Å². The first-order chi connectivity index (χ1) is 10.8. The number of sulfone groups is 1. The fraction of sp³-hybridized carbons (Fsp3) is 0.562. The van der Waals surface area contributed by atoms with Gasteiger partial charge in [-0.3, -0.25) is 9.69 Å². The lowest BCUT2D eigenvalue weighted by molar-refractivity contribution is 0.0554. The SMILES string of the molecule is CCS(=O)(=O)c1ccc(C(=O)N2CCN(C[C@H](C)O)CC2)cc1. The number of aliphatic hydroxyl groups excluding tert-OH is 1. The van der Waals surface area contributed by atoms with E-state index in [1.54, 1.807) is 30.9 Å². The van der Waals surface area contributed by atoms with Crippen molar-refractivity contribution in [1.82, 2.24) is 9.80 Å². The Morgan fingerprint density at radius 1 is 1.17 bits per heavy atom. The molecule has 0 aliphatic carbocycles. The van der Waals surface area contributed by atoms with Crippen LogP contribution in [0.3, 0.4) is 0 Å². The van der Waals surface area contributed by atoms with Crippen LogP contribution in [-0.2, 0) is 9.84 Å². The van der Waals surface area contributed by atoms with E-state index in [4.69, 9.17) is 0 Å². The van der Waals surface area contributed by atoms with Crippen LogP contribution in [0, 0.1) is 0 Å². The lowest BCUT2D eigenvalue weighted by Gasteiger charge is -2.35. The second-order valence-corrected chi connectivity index (χ2v) is 8.15. The largest absolute Gasteiger partial charge is 0.392 e. The Morgan fingerprint density at radius 3 is 2.22 bits per heavy atom. The summed E-state index contributed by atoms with van der Waals surface area (Å²) < 4.78 is 23.6. The maximum absolute atomic E-state index is 12.5. The Morgan fingerprint density at radius 2 is 1.74 bits per heavy atom. The number of carbonyl (C=O) groups excluding carboxylic acids is 1. The summed E-state index contributed by atoms with van der Waals surface area (Å²) in [5.41, 5.74) is 0.504. The van der Waals surface area contributed by atoms with E-state index < -0.39 is 9.84 Å². The van der Waals surface area contributed by atoms with Crippen LogP contribution in [0.25, 0.3) is 0 Å². The number of rotatable bonds is 5. The van der Waals surface area contributed by atoms with E-state index >= 15 is 0 Å². The number of aliphatic hydroxyl groups is 1. The van der Waals surface area contributed by atoms with Crippen LogP contribution in [0.15, 0.2) is 29.2 Å². The predicted octanol–water partition coefficient (Wildman–Crippen LogP) is 0.619. The first-order valence-electron chi connectivity index (χ1n) is 7.86. The summed E-state index contributed by atoms with van der Waals surface area (Å²) in [6.07, 6.45) is -0.370. The molecule has 0 aromatic heterocycles. The highest BCUT2D eigenvalue weighted by atomic mass is 32.2. The number of β-amino-alcohol motifs (C(OH)–C–C–N with tert-alkyl or cyclic N) is 1. The highest BCUT2D eigenvalue weighted by Gasteiger charge is 2.23. The van der Waals surface area contributed by atoms with Crippen LogP contribution in [0.5, 0.6) is 0 Å². The monoisotopic (exact) mass is 340 g/mol. The molecule has 0 spiro atoms. The minimum atomic E-state index is -3.24. The number of carbonyl (C=O) groups is 1. The lowest BCUT2D eigenvalue weighted by atomic mass is 10.2. The Balaban J connectivity index is 1.99. The zero-order valence-electron chi connectivity index (χ0n) is 13.6. The van der Waals surface area contributed by atoms with Gasteiger partial charge in [-0.05, 0) is 31.2 Å². The van der Waals surface area contributed by atoms with Crippen molar-refractivity contribution in [3.8, 4) is 0 Å². The Bertz CT molecular complexity index is 633. The molecule has 1 N–H and O–H groups in total. The van der Waals surface area contributed by atoms with E-state index in [1.165, 1.54) is 12.1 Å². The zero-order chi connectivity index (χ0) is 17.0. The minimum Gasteiger partial charge on any atom is -0.392 e. The molecule has 1 aliphatic heterocycles. The van der Waals surface area contributed by atoms with E-state index in [1.807, 2.05) is 0 Å². The molecule has 128 valence electrons. The van der Waals surface area contributed by atoms with Gasteiger partial charge in [0.05, 0.1) is 16.8 Å². The van der Waals surface area contributed by atoms with Crippen molar-refractivity contribution < 1.29 is 18.3 Å². The molecule has 0 unspecified atom stereocenters. The predicted molar refractivity (Wildman–Crippen MR) is 88.2 cm³/mol. The van der Waals surface area contributed by atoms with Crippen molar-refractivity contribution in [2.45, 2.75) is 24.8 Å². The number of benzene rings is 1. The maximum atomic E-state index is 12.5. The molecule has 0 saturated carbocycles. The number of nitrogens with zero attached hydrogens (tertiary/aromatic N) is 2. The van der Waals surface area contributed by atoms with Crippen LogP contribution in [-0.4, -0.2) is 73.8 Å². The van der Waals surface area contributed by atoms with Crippen molar-refractivity contribution in [3.05, 3.63) is 29.8 Å². The summed E-state index contributed by atoms with van der Waals surface area (Å²) in [5, 5.41) is 9.40. The first kappa shape index (κ1) is 17.9. The van der Waals surface area contributed by atoms with Crippen molar-refractivity contribution >= 4 is 15.7 Å². The number of amides is 1. The van der Waals surface area contributed by atoms with Gasteiger partial charge in [0.25, 0.3) is 5.91 Å². The van der Waals surface area contributed by atoms with Gasteiger partial charge in [0.2, 0.25) is 0 Å². The second-order valence-electron chi connectivity index (χ2n) is 5.87. The van der Waals surface area contributed by atoms with Gasteiger partial charge < -0.3 is 10.0 Å². The smallest absolute Gasteiger partial charge is 0.253 e. The van der Waals surface area contributed by atoms with E-state index in [0.717, 1.165) is 13.1 Å². The summed E-state index contributed by atoms with van der Waals surface area (Å²) in [6.45, 7) is 6.66. The van der Waals surface area contributed by atoms with Gasteiger partial charge in [0.1, 0.15) is 0 Å². The third-order valence-electron chi connectivity index (χ3n) is 4.02. The van der Waals surface area contributed by atoms with E-state index in [0.29, 0.717) is 25.2 Å². The molecule has 1 amide bonds. The summed E-state index contributed by atoms with van der Waals surface area (Å²) in [6, 6.07) is 6.14. The molecule has 1 aromatic carbocycles. The molecule has 1 saturated heterocycles. The summed E-state index contributed by atoms with van der Waals surface area (Å²) >= 11 is 0. The van der Waals surface area contributed by atoms with Crippen LogP contribution in [0.2, 0.25) is 0 Å². The third-order valence-corrected chi connectivity index (χ3v) is 5.77. The molecule has 23 heavy (non-hydrogen) atoms. The maximum Gasteiger partial charge on any atom is 0.253 e. The molecule has 1 aromatic rings. The molecular formula is C16H24N2O4S. The average molecular weight is 340 g/mol. The van der Waals surface area contributed by atoms with Gasteiger partial charge >= 0.3 is 0 Å². The quantitative estimate of drug-likeness (QED) is 0.850. The van der Waals surface area contributed by atoms with Gasteiger partial charge in [-0.15, -0.1) is 0 Å². The van der Waals surface area contributed by atoms with Crippen LogP contribution < -0.4 is 0 Å². The van der Waals surface area contributed by atoms with Gasteiger partial charge in [0.15, 0.2) is 9.84 Å². The zero-order valence-corrected chi connectivity index (χ0v) is 14.4. The van der Waals surface area contributed by atoms with E-state index in [-0.39, 0.29) is 22.7 Å². The molecule has 2 rings (SSSR count). The minimum absolute atomic E-state index is 0.0472. The van der Waals surface area contributed by atoms with Crippen LogP contribution in [0.4, 0.5) is 0 Å². The molecule has 0 bridgehead atoms. The molecule has 1 aliphatic rings. The summed E-state index contributed by atoms with van der Waals surface area (Å²) in [4.78, 5) is 16.6. The third kappa shape index (κ3) is 4.53. The molecular weight excluding hydrogens is 316 g/mol. The van der Waals surface area contributed by atoms with Crippen molar-refractivity contribution in [3.63, 3.8) is 0 Å². The van der Waals surface area contributed by atoms with E-state index in [2.05, 4.69) is 4.90 Å². The van der Waals surface area contributed by atoms with Crippen molar-refractivity contribution in [1.29, 1.82) is 0 Å². The molecule has 6 nitrogen and oxygen atoms in total. The highest BCUT2D eigenvalue weighted by molar-refractivity contribution is 7.91. The Kier molecular flexibility index (Phi) is 5.78. The standard InChI is InChI=1S/C16H24N2O4S/c1-3-23(21,22)15-6-4-14(5-7-15)16(20)18-10-8-17(9-11-18)12-13(2)19/h4-7,13,19H,3,8-12H2,1-2H3/t13-/m0/s1. The van der Waals surface area contributed by atoms with Gasteiger partial charge in [-0.2, -0.15) is 0 Å².